The van der Waals surface area contributed by atoms with Crippen molar-refractivity contribution in [3.63, 3.8) is 0 Å². The van der Waals surface area contributed by atoms with E-state index >= 15 is 0 Å². The van der Waals surface area contributed by atoms with Gasteiger partial charge < -0.3 is 14.5 Å². The Morgan fingerprint density at radius 1 is 0.429 bits per heavy atom. The maximum atomic E-state index is 10.9. The number of nitrogens with zero attached hydrogens (tertiary/aromatic N) is 3. The summed E-state index contributed by atoms with van der Waals surface area (Å²) in [6.45, 7) is 0. The zero-order valence-corrected chi connectivity index (χ0v) is 29.9. The molecule has 4 heteroatoms. The summed E-state index contributed by atoms with van der Waals surface area (Å²) in [5.41, 5.74) is 17.1. The monoisotopic (exact) mass is 708 g/mol. The Hall–Kier alpha value is -7.74. The lowest BCUT2D eigenvalue weighted by molar-refractivity contribution is 1.13. The van der Waals surface area contributed by atoms with Crippen LogP contribution >= 0.6 is 0 Å². The zero-order valence-electron chi connectivity index (χ0n) is 29.9. The van der Waals surface area contributed by atoms with Crippen LogP contribution in [-0.2, 0) is 0 Å². The van der Waals surface area contributed by atoms with Gasteiger partial charge >= 0.3 is 0 Å². The standard InChI is InChI=1S/C52H28N4/c53-27-29-23-30(55-46-21-7-5-15-35(46)43-25-41-33-13-3-1-11-31(33)37-17-9-19-39(49(37)41)51(43)55)24-48(45(29)28-54)56-47-22-8-6-16-36(47)44-26-42-34-14-4-2-12-32(34)38-18-10-20-40(50(38)42)52(44)56/h1-26,28,54H. The van der Waals surface area contributed by atoms with Crippen LogP contribution in [0.15, 0.2) is 158 Å². The fourth-order valence-electron chi connectivity index (χ4n) is 10.3. The van der Waals surface area contributed by atoms with Crippen LogP contribution in [0.1, 0.15) is 11.1 Å². The van der Waals surface area contributed by atoms with Gasteiger partial charge in [-0.1, -0.05) is 121 Å². The summed E-state index contributed by atoms with van der Waals surface area (Å²) in [7, 11) is 0. The highest BCUT2D eigenvalue weighted by atomic mass is 15.0. The Morgan fingerprint density at radius 3 is 1.41 bits per heavy atom. The van der Waals surface area contributed by atoms with Gasteiger partial charge in [0.05, 0.1) is 39.4 Å². The minimum atomic E-state index is 0.459. The van der Waals surface area contributed by atoms with E-state index in [4.69, 9.17) is 5.41 Å². The van der Waals surface area contributed by atoms with Crippen LogP contribution in [-0.4, -0.2) is 15.3 Å². The summed E-state index contributed by atoms with van der Waals surface area (Å²) in [6.07, 6.45) is 1.35. The van der Waals surface area contributed by atoms with Gasteiger partial charge in [-0.15, -0.1) is 0 Å². The van der Waals surface area contributed by atoms with E-state index in [1.54, 1.807) is 0 Å². The molecule has 0 saturated carbocycles. The number of rotatable bonds is 3. The first kappa shape index (κ1) is 29.7. The van der Waals surface area contributed by atoms with Crippen molar-refractivity contribution in [1.82, 2.24) is 9.13 Å². The number of nitriles is 1. The summed E-state index contributed by atoms with van der Waals surface area (Å²) < 4.78 is 4.66. The van der Waals surface area contributed by atoms with Gasteiger partial charge in [0.2, 0.25) is 0 Å². The van der Waals surface area contributed by atoms with E-state index in [2.05, 4.69) is 167 Å². The van der Waals surface area contributed by atoms with Gasteiger partial charge in [0.15, 0.2) is 0 Å². The molecule has 56 heavy (non-hydrogen) atoms. The van der Waals surface area contributed by atoms with Gasteiger partial charge in [-0.2, -0.15) is 5.26 Å². The van der Waals surface area contributed by atoms with E-state index in [1.807, 2.05) is 6.07 Å². The number of fused-ring (bicyclic) bond motifs is 14. The molecule has 0 radical (unpaired) electrons. The Labute approximate surface area is 320 Å². The number of aromatic nitrogens is 2. The third-order valence-corrected chi connectivity index (χ3v) is 12.5. The van der Waals surface area contributed by atoms with E-state index in [0.717, 1.165) is 55.0 Å². The first-order chi connectivity index (χ1) is 27.7. The van der Waals surface area contributed by atoms with Gasteiger partial charge in [0.25, 0.3) is 0 Å². The van der Waals surface area contributed by atoms with Gasteiger partial charge in [-0.3, -0.25) is 0 Å². The van der Waals surface area contributed by atoms with E-state index < -0.39 is 0 Å². The highest BCUT2D eigenvalue weighted by Crippen LogP contribution is 2.53. The van der Waals surface area contributed by atoms with E-state index in [-0.39, 0.29) is 0 Å². The summed E-state index contributed by atoms with van der Waals surface area (Å²) in [6, 6.07) is 59.3. The van der Waals surface area contributed by atoms with Gasteiger partial charge in [0, 0.05) is 49.8 Å². The summed E-state index contributed by atoms with van der Waals surface area (Å²) in [4.78, 5) is 0. The minimum absolute atomic E-state index is 0.459. The largest absolute Gasteiger partial charge is 0.308 e. The molecule has 1 N–H and O–H groups in total. The highest BCUT2D eigenvalue weighted by Gasteiger charge is 2.28. The second-order valence-corrected chi connectivity index (χ2v) is 15.1. The molecule has 2 heterocycles. The third-order valence-electron chi connectivity index (χ3n) is 12.5. The Kier molecular flexibility index (Phi) is 5.55. The van der Waals surface area contributed by atoms with E-state index in [0.29, 0.717) is 11.1 Å². The van der Waals surface area contributed by atoms with Gasteiger partial charge in [-0.25, -0.2) is 0 Å². The topological polar surface area (TPSA) is 57.5 Å². The molecule has 0 bridgehead atoms. The molecule has 4 nitrogen and oxygen atoms in total. The second-order valence-electron chi connectivity index (χ2n) is 15.1. The summed E-state index contributed by atoms with van der Waals surface area (Å²) >= 11 is 0. The van der Waals surface area contributed by atoms with E-state index in [9.17, 15) is 5.26 Å². The molecule has 2 aromatic heterocycles. The number of para-hydroxylation sites is 2. The smallest absolute Gasteiger partial charge is 0.1000 e. The normalized spacial score (nSPS) is 12.3. The Bertz CT molecular complexity index is 3680. The molecule has 0 amide bonds. The molecular weight excluding hydrogens is 681 g/mol. The Balaban J connectivity index is 1.19. The number of benzene rings is 9. The van der Waals surface area contributed by atoms with Gasteiger partial charge in [-0.05, 0) is 91.7 Å². The van der Waals surface area contributed by atoms with Crippen molar-refractivity contribution in [2.45, 2.75) is 0 Å². The van der Waals surface area contributed by atoms with Crippen LogP contribution in [0.25, 0.3) is 121 Å². The first-order valence-electron chi connectivity index (χ1n) is 19.0. The van der Waals surface area contributed by atoms with Crippen molar-refractivity contribution < 1.29 is 0 Å². The molecular formula is C52H28N4. The molecule has 0 unspecified atom stereocenters. The third kappa shape index (κ3) is 3.51. The fraction of sp³-hybridized carbons (Fsp3) is 0. The lowest BCUT2D eigenvalue weighted by Gasteiger charge is -2.18. The molecule has 0 saturated heterocycles. The molecule has 13 rings (SSSR count). The molecule has 0 fully saturated rings. The van der Waals surface area contributed by atoms with Crippen molar-refractivity contribution in [3.05, 3.63) is 169 Å². The maximum Gasteiger partial charge on any atom is 0.1000 e. The van der Waals surface area contributed by atoms with Crippen LogP contribution < -0.4 is 0 Å². The highest BCUT2D eigenvalue weighted by molar-refractivity contribution is 6.29. The second kappa shape index (κ2) is 10.5. The molecule has 2 aliphatic rings. The predicted octanol–water partition coefficient (Wildman–Crippen LogP) is 13.4. The molecule has 11 aromatic rings. The number of nitrogens with one attached hydrogen (secondary N) is 1. The maximum absolute atomic E-state index is 10.9. The molecule has 0 atom stereocenters. The SMILES string of the molecule is N#Cc1cc(-n2c3ccccc3c3cc4c5c(cccc5c32)-c2ccccc2-4)cc(-n2c3ccccc3c3cc4c5c(cccc5c32)-c2ccccc2-4)c1C=N. The molecule has 9 aromatic carbocycles. The van der Waals surface area contributed by atoms with Crippen molar-refractivity contribution >= 4 is 71.4 Å². The van der Waals surface area contributed by atoms with Crippen LogP contribution in [0, 0.1) is 16.7 Å². The first-order valence-corrected chi connectivity index (χ1v) is 19.0. The minimum Gasteiger partial charge on any atom is -0.308 e. The average Bonchev–Trinajstić information content (AvgIpc) is 3.98. The van der Waals surface area contributed by atoms with Gasteiger partial charge in [0.1, 0.15) is 0 Å². The number of hydrogen-bond acceptors (Lipinski definition) is 2. The van der Waals surface area contributed by atoms with E-state index in [1.165, 1.54) is 72.3 Å². The lowest BCUT2D eigenvalue weighted by Crippen LogP contribution is -2.06. The van der Waals surface area contributed by atoms with Crippen molar-refractivity contribution in [2.75, 3.05) is 0 Å². The average molecular weight is 709 g/mol. The summed E-state index contributed by atoms with van der Waals surface area (Å²) in [5.74, 6) is 0. The van der Waals surface area contributed by atoms with Crippen LogP contribution in [0.2, 0.25) is 0 Å². The molecule has 256 valence electrons. The van der Waals surface area contributed by atoms with Crippen LogP contribution in [0.4, 0.5) is 0 Å². The van der Waals surface area contributed by atoms with Crippen molar-refractivity contribution in [2.24, 2.45) is 0 Å². The summed E-state index contributed by atoms with van der Waals surface area (Å²) in [5, 5.41) is 29.1. The predicted molar refractivity (Wildman–Crippen MR) is 232 cm³/mol. The molecule has 0 spiro atoms. The van der Waals surface area contributed by atoms with Crippen LogP contribution in [0.3, 0.4) is 0 Å². The molecule has 0 aliphatic heterocycles. The van der Waals surface area contributed by atoms with Crippen molar-refractivity contribution in [3.8, 4) is 62.0 Å². The number of hydrogen-bond donors (Lipinski definition) is 1. The lowest BCUT2D eigenvalue weighted by atomic mass is 9.98. The fourth-order valence-corrected chi connectivity index (χ4v) is 10.3. The Morgan fingerprint density at radius 2 is 0.875 bits per heavy atom. The van der Waals surface area contributed by atoms with Crippen molar-refractivity contribution in [1.29, 1.82) is 10.7 Å². The molecule has 2 aliphatic carbocycles. The quantitative estimate of drug-likeness (QED) is 0.183. The van der Waals surface area contributed by atoms with Crippen LogP contribution in [0.5, 0.6) is 0 Å². The zero-order chi connectivity index (χ0) is 36.8.